The van der Waals surface area contributed by atoms with Crippen LogP contribution in [-0.2, 0) is 24.4 Å². The summed E-state index contributed by atoms with van der Waals surface area (Å²) in [4.78, 5) is 15.2. The Bertz CT molecular complexity index is 1080. The molecule has 0 bridgehead atoms. The van der Waals surface area contributed by atoms with Crippen LogP contribution in [0.3, 0.4) is 0 Å². The molecule has 3 aromatic rings. The highest BCUT2D eigenvalue weighted by molar-refractivity contribution is 5.84. The number of ether oxygens (including phenoxy) is 2. The van der Waals surface area contributed by atoms with Crippen molar-refractivity contribution in [1.29, 1.82) is 0 Å². The van der Waals surface area contributed by atoms with Gasteiger partial charge in [0.05, 0.1) is 0 Å². The first-order valence-corrected chi connectivity index (χ1v) is 11.2. The zero-order valence-electron chi connectivity index (χ0n) is 18.0. The van der Waals surface area contributed by atoms with Crippen molar-refractivity contribution < 1.29 is 14.3 Å². The molecule has 5 rings (SSSR count). The lowest BCUT2D eigenvalue weighted by Gasteiger charge is -2.31. The van der Waals surface area contributed by atoms with Crippen LogP contribution in [0.2, 0.25) is 0 Å². The van der Waals surface area contributed by atoms with Crippen molar-refractivity contribution in [2.75, 3.05) is 19.9 Å². The lowest BCUT2D eigenvalue weighted by molar-refractivity contribution is -0.126. The Labute approximate surface area is 182 Å². The second kappa shape index (κ2) is 8.63. The van der Waals surface area contributed by atoms with E-state index in [1.54, 1.807) is 0 Å². The number of benzene rings is 2. The van der Waals surface area contributed by atoms with Crippen LogP contribution >= 0.6 is 0 Å². The number of hydrogen-bond donors (Lipinski definition) is 1. The number of nitrogens with zero attached hydrogens (tertiary/aromatic N) is 2. The Morgan fingerprint density at radius 1 is 1.10 bits per heavy atom. The van der Waals surface area contributed by atoms with Gasteiger partial charge in [-0.3, -0.25) is 9.69 Å². The molecule has 1 saturated heterocycles. The van der Waals surface area contributed by atoms with Crippen molar-refractivity contribution in [3.8, 4) is 11.5 Å². The summed E-state index contributed by atoms with van der Waals surface area (Å²) in [5, 5.41) is 4.44. The van der Waals surface area contributed by atoms with Crippen LogP contribution in [0.4, 0.5) is 0 Å². The van der Waals surface area contributed by atoms with Crippen LogP contribution in [0.5, 0.6) is 11.5 Å². The predicted octanol–water partition coefficient (Wildman–Crippen LogP) is 3.92. The molecule has 0 unspecified atom stereocenters. The van der Waals surface area contributed by atoms with Crippen molar-refractivity contribution in [2.45, 2.75) is 39.4 Å². The number of hydrogen-bond acceptors (Lipinski definition) is 4. The molecule has 1 N–H and O–H groups in total. The van der Waals surface area contributed by atoms with E-state index in [0.717, 1.165) is 56.1 Å². The molecule has 162 valence electrons. The number of para-hydroxylation sites is 1. The zero-order chi connectivity index (χ0) is 21.2. The molecule has 31 heavy (non-hydrogen) atoms. The summed E-state index contributed by atoms with van der Waals surface area (Å²) >= 11 is 0. The third kappa shape index (κ3) is 4.12. The highest BCUT2D eigenvalue weighted by atomic mass is 16.7. The lowest BCUT2D eigenvalue weighted by atomic mass is 9.95. The summed E-state index contributed by atoms with van der Waals surface area (Å²) in [5.41, 5.74) is 3.71. The van der Waals surface area contributed by atoms with E-state index in [9.17, 15) is 4.79 Å². The third-order valence-electron chi connectivity index (χ3n) is 6.47. The number of carbonyl (C=O) groups is 1. The Balaban J connectivity index is 1.14. The summed E-state index contributed by atoms with van der Waals surface area (Å²) < 4.78 is 13.1. The van der Waals surface area contributed by atoms with Crippen LogP contribution in [0.15, 0.2) is 48.7 Å². The maximum absolute atomic E-state index is 12.7. The van der Waals surface area contributed by atoms with Gasteiger partial charge in [0.1, 0.15) is 0 Å². The summed E-state index contributed by atoms with van der Waals surface area (Å²) in [6.45, 7) is 6.80. The minimum atomic E-state index is 0.0854. The first kappa shape index (κ1) is 19.9. The van der Waals surface area contributed by atoms with Gasteiger partial charge in [-0.05, 0) is 62.2 Å². The van der Waals surface area contributed by atoms with E-state index in [-0.39, 0.29) is 18.6 Å². The first-order chi connectivity index (χ1) is 15.2. The lowest BCUT2D eigenvalue weighted by Crippen LogP contribution is -2.40. The number of aryl methyl sites for hydroxylation is 1. The van der Waals surface area contributed by atoms with Crippen LogP contribution in [0.1, 0.15) is 30.9 Å². The summed E-state index contributed by atoms with van der Waals surface area (Å²) in [7, 11) is 0. The number of rotatable bonds is 6. The van der Waals surface area contributed by atoms with Crippen molar-refractivity contribution >= 4 is 16.8 Å². The second-order valence-electron chi connectivity index (χ2n) is 8.41. The summed E-state index contributed by atoms with van der Waals surface area (Å²) in [5.74, 6) is 1.76. The molecule has 0 radical (unpaired) electrons. The molecule has 0 aliphatic carbocycles. The largest absolute Gasteiger partial charge is 0.454 e. The maximum atomic E-state index is 12.7. The Morgan fingerprint density at radius 3 is 2.74 bits per heavy atom. The maximum Gasteiger partial charge on any atom is 0.231 e. The van der Waals surface area contributed by atoms with E-state index < -0.39 is 0 Å². The van der Waals surface area contributed by atoms with Crippen molar-refractivity contribution in [3.63, 3.8) is 0 Å². The van der Waals surface area contributed by atoms with Crippen LogP contribution in [0, 0.1) is 5.92 Å². The number of carbonyl (C=O) groups excluding carboxylic acids is 1. The molecule has 3 heterocycles. The molecule has 1 fully saturated rings. The molecule has 6 heteroatoms. The van der Waals surface area contributed by atoms with Crippen LogP contribution < -0.4 is 14.8 Å². The molecule has 2 aromatic carbocycles. The number of piperidine rings is 1. The molecule has 1 amide bonds. The molecular weight excluding hydrogens is 390 g/mol. The normalized spacial score (nSPS) is 16.7. The van der Waals surface area contributed by atoms with Gasteiger partial charge in [-0.2, -0.15) is 0 Å². The molecular formula is C25H29N3O3. The SMILES string of the molecule is CCn1cc(CN2CCC(C(=O)NCc3ccc4c(c3)OCO4)CC2)c2ccccc21. The van der Waals surface area contributed by atoms with E-state index >= 15 is 0 Å². The second-order valence-corrected chi connectivity index (χ2v) is 8.41. The van der Waals surface area contributed by atoms with E-state index in [4.69, 9.17) is 9.47 Å². The minimum absolute atomic E-state index is 0.0854. The highest BCUT2D eigenvalue weighted by Gasteiger charge is 2.25. The smallest absolute Gasteiger partial charge is 0.231 e. The fourth-order valence-corrected chi connectivity index (χ4v) is 4.69. The fourth-order valence-electron chi connectivity index (χ4n) is 4.69. The fraction of sp³-hybridized carbons (Fsp3) is 0.400. The van der Waals surface area contributed by atoms with Gasteiger partial charge in [0.2, 0.25) is 12.7 Å². The van der Waals surface area contributed by atoms with Gasteiger partial charge in [0.25, 0.3) is 0 Å². The van der Waals surface area contributed by atoms with Gasteiger partial charge in [0.15, 0.2) is 11.5 Å². The van der Waals surface area contributed by atoms with Gasteiger partial charge in [-0.1, -0.05) is 24.3 Å². The number of likely N-dealkylation sites (tertiary alicyclic amines) is 1. The first-order valence-electron chi connectivity index (χ1n) is 11.2. The summed E-state index contributed by atoms with van der Waals surface area (Å²) in [6, 6.07) is 14.4. The van der Waals surface area contributed by atoms with Crippen LogP contribution in [0.25, 0.3) is 10.9 Å². The molecule has 0 spiro atoms. The van der Waals surface area contributed by atoms with E-state index in [1.807, 2.05) is 18.2 Å². The molecule has 0 atom stereocenters. The average Bonchev–Trinajstić information content (AvgIpc) is 3.42. The minimum Gasteiger partial charge on any atom is -0.454 e. The third-order valence-corrected chi connectivity index (χ3v) is 6.47. The van der Waals surface area contributed by atoms with Crippen molar-refractivity contribution in [1.82, 2.24) is 14.8 Å². The van der Waals surface area contributed by atoms with Gasteiger partial charge in [-0.25, -0.2) is 0 Å². The summed E-state index contributed by atoms with van der Waals surface area (Å²) in [6.07, 6.45) is 4.09. The van der Waals surface area contributed by atoms with E-state index in [2.05, 4.69) is 52.2 Å². The topological polar surface area (TPSA) is 55.7 Å². The molecule has 6 nitrogen and oxygen atoms in total. The Morgan fingerprint density at radius 2 is 1.90 bits per heavy atom. The number of nitrogens with one attached hydrogen (secondary N) is 1. The number of fused-ring (bicyclic) bond motifs is 2. The molecule has 2 aliphatic heterocycles. The van der Waals surface area contributed by atoms with Gasteiger partial charge in [0, 0.05) is 42.7 Å². The Kier molecular flexibility index (Phi) is 5.55. The molecule has 0 saturated carbocycles. The number of amides is 1. The predicted molar refractivity (Wildman–Crippen MR) is 120 cm³/mol. The van der Waals surface area contributed by atoms with E-state index in [0.29, 0.717) is 6.54 Å². The molecule has 1 aromatic heterocycles. The highest BCUT2D eigenvalue weighted by Crippen LogP contribution is 2.32. The monoisotopic (exact) mass is 419 g/mol. The average molecular weight is 420 g/mol. The standard InChI is InChI=1S/C25H29N3O3/c1-2-28-16-20(21-5-3-4-6-22(21)28)15-27-11-9-19(10-12-27)25(29)26-14-18-7-8-23-24(13-18)31-17-30-23/h3-8,13,16,19H,2,9-12,14-15,17H2,1H3,(H,26,29). The van der Waals surface area contributed by atoms with Gasteiger partial charge < -0.3 is 19.4 Å². The quantitative estimate of drug-likeness (QED) is 0.658. The Hall–Kier alpha value is -2.99. The van der Waals surface area contributed by atoms with Crippen molar-refractivity contribution in [2.24, 2.45) is 5.92 Å². The molecule has 2 aliphatic rings. The van der Waals surface area contributed by atoms with Gasteiger partial charge in [-0.15, -0.1) is 0 Å². The van der Waals surface area contributed by atoms with Crippen molar-refractivity contribution in [3.05, 3.63) is 59.8 Å². The van der Waals surface area contributed by atoms with Crippen LogP contribution in [-0.4, -0.2) is 35.3 Å². The van der Waals surface area contributed by atoms with E-state index in [1.165, 1.54) is 16.5 Å². The van der Waals surface area contributed by atoms with Gasteiger partial charge >= 0.3 is 0 Å². The zero-order valence-corrected chi connectivity index (χ0v) is 18.0. The number of aromatic nitrogens is 1.